The van der Waals surface area contributed by atoms with Crippen LogP contribution in [0.5, 0.6) is 0 Å². The van der Waals surface area contributed by atoms with E-state index in [1.165, 1.54) is 43.4 Å². The Morgan fingerprint density at radius 1 is 0.212 bits per heavy atom. The van der Waals surface area contributed by atoms with Gasteiger partial charge < -0.3 is 18.6 Å². The van der Waals surface area contributed by atoms with E-state index in [1.54, 1.807) is 0 Å². The van der Waals surface area contributed by atoms with Crippen molar-refractivity contribution < 1.29 is 8.83 Å². The summed E-state index contributed by atoms with van der Waals surface area (Å²) in [5.41, 5.74) is 18.8. The molecule has 14 aromatic carbocycles. The van der Waals surface area contributed by atoms with E-state index in [2.05, 4.69) is 301 Å². The van der Waals surface area contributed by atoms with Gasteiger partial charge in [0.1, 0.15) is 11.2 Å². The maximum atomic E-state index is 6.95. The van der Waals surface area contributed by atoms with Crippen LogP contribution in [0.15, 0.2) is 300 Å². The Labute approximate surface area is 462 Å². The van der Waals surface area contributed by atoms with Gasteiger partial charge in [-0.1, -0.05) is 218 Å². The van der Waals surface area contributed by atoms with Crippen LogP contribution in [-0.4, -0.2) is 0 Å². The van der Waals surface area contributed by atoms with Crippen molar-refractivity contribution >= 4 is 110 Å². The third-order valence-corrected chi connectivity index (χ3v) is 16.2. The molecule has 0 bridgehead atoms. The molecule has 0 aliphatic heterocycles. The molecule has 2 heterocycles. The highest BCUT2D eigenvalue weighted by Crippen LogP contribution is 2.48. The minimum atomic E-state index is 0.853. The molecule has 0 N–H and O–H groups in total. The summed E-state index contributed by atoms with van der Waals surface area (Å²) in [6.45, 7) is 0. The zero-order valence-corrected chi connectivity index (χ0v) is 43.4. The molecule has 0 radical (unpaired) electrons. The lowest BCUT2D eigenvalue weighted by Gasteiger charge is -2.26. The number of anilines is 6. The second kappa shape index (κ2) is 18.5. The second-order valence-electron chi connectivity index (χ2n) is 20.7. The van der Waals surface area contributed by atoms with Crippen molar-refractivity contribution in [3.8, 4) is 44.5 Å². The van der Waals surface area contributed by atoms with Crippen molar-refractivity contribution in [2.24, 2.45) is 0 Å². The predicted octanol–water partition coefficient (Wildman–Crippen LogP) is 22.0. The van der Waals surface area contributed by atoms with E-state index in [0.29, 0.717) is 0 Å². The zero-order chi connectivity index (χ0) is 52.7. The van der Waals surface area contributed by atoms with Gasteiger partial charge in [-0.3, -0.25) is 0 Å². The number of hydrogen-bond donors (Lipinski definition) is 0. The number of fused-ring (bicyclic) bond motifs is 6. The third kappa shape index (κ3) is 7.38. The molecule has 0 amide bonds. The van der Waals surface area contributed by atoms with Gasteiger partial charge in [0.15, 0.2) is 11.2 Å². The predicted molar refractivity (Wildman–Crippen MR) is 336 cm³/mol. The van der Waals surface area contributed by atoms with E-state index in [0.717, 1.165) is 111 Å². The summed E-state index contributed by atoms with van der Waals surface area (Å²) in [5, 5.41) is 11.9. The minimum absolute atomic E-state index is 0.853. The van der Waals surface area contributed by atoms with E-state index in [9.17, 15) is 0 Å². The lowest BCUT2D eigenvalue weighted by molar-refractivity contribution is 0.670. The van der Waals surface area contributed by atoms with Crippen LogP contribution >= 0.6 is 0 Å². The Kier molecular flexibility index (Phi) is 10.5. The van der Waals surface area contributed by atoms with Gasteiger partial charge in [0, 0.05) is 55.4 Å². The van der Waals surface area contributed by atoms with Crippen LogP contribution in [0.2, 0.25) is 0 Å². The first-order chi connectivity index (χ1) is 39.7. The molecule has 16 aromatic rings. The van der Waals surface area contributed by atoms with Crippen molar-refractivity contribution in [3.63, 3.8) is 0 Å². The number of nitrogens with zero attached hydrogens (tertiary/aromatic N) is 2. The molecule has 16 rings (SSSR count). The highest BCUT2D eigenvalue weighted by Gasteiger charge is 2.24. The van der Waals surface area contributed by atoms with Gasteiger partial charge >= 0.3 is 0 Å². The Balaban J connectivity index is 0.750. The Hall–Kier alpha value is -10.7. The van der Waals surface area contributed by atoms with Crippen LogP contribution in [0.25, 0.3) is 121 Å². The van der Waals surface area contributed by atoms with Gasteiger partial charge in [-0.25, -0.2) is 0 Å². The Morgan fingerprint density at radius 2 is 0.600 bits per heavy atom. The summed E-state index contributed by atoms with van der Waals surface area (Å²) >= 11 is 0. The van der Waals surface area contributed by atoms with Crippen LogP contribution < -0.4 is 9.80 Å². The molecule has 374 valence electrons. The van der Waals surface area contributed by atoms with Crippen molar-refractivity contribution in [2.75, 3.05) is 9.80 Å². The molecule has 0 fully saturated rings. The van der Waals surface area contributed by atoms with Gasteiger partial charge in [-0.2, -0.15) is 0 Å². The number of rotatable bonds is 10. The lowest BCUT2D eigenvalue weighted by atomic mass is 9.88. The molecular formula is C76H48N2O2. The summed E-state index contributed by atoms with van der Waals surface area (Å²) in [7, 11) is 0. The largest absolute Gasteiger partial charge is 0.453 e. The molecular weight excluding hydrogens is 973 g/mol. The fourth-order valence-corrected chi connectivity index (χ4v) is 12.5. The van der Waals surface area contributed by atoms with Crippen LogP contribution in [0.4, 0.5) is 34.1 Å². The van der Waals surface area contributed by atoms with Gasteiger partial charge in [0.05, 0.1) is 11.4 Å². The molecule has 0 saturated carbocycles. The highest BCUT2D eigenvalue weighted by molar-refractivity contribution is 6.26. The lowest BCUT2D eigenvalue weighted by Crippen LogP contribution is -2.10. The van der Waals surface area contributed by atoms with E-state index in [1.807, 2.05) is 0 Å². The van der Waals surface area contributed by atoms with Gasteiger partial charge in [0.25, 0.3) is 0 Å². The van der Waals surface area contributed by atoms with Crippen LogP contribution in [0.3, 0.4) is 0 Å². The average Bonchev–Trinajstić information content (AvgIpc) is 4.27. The summed E-state index contributed by atoms with van der Waals surface area (Å²) in [6, 6.07) is 104. The SMILES string of the molecule is c1ccc(-c2cccc3c2oc2c(N(c4ccccc4)c4ccc(-c5cc6ccc7ccc(-c8ccc(N(c9ccccc9)c9cccc%10c9oc9c(-c%11ccccc%11)cccc9%10)cc8)c8ccc(c5)c6c78)cc4)cccc23)cc1. The number of para-hydroxylation sites is 6. The summed E-state index contributed by atoms with van der Waals surface area (Å²) in [5.74, 6) is 0. The molecule has 0 aliphatic carbocycles. The summed E-state index contributed by atoms with van der Waals surface area (Å²) < 4.78 is 13.9. The van der Waals surface area contributed by atoms with E-state index >= 15 is 0 Å². The van der Waals surface area contributed by atoms with Gasteiger partial charge in [-0.05, 0) is 138 Å². The molecule has 4 nitrogen and oxygen atoms in total. The zero-order valence-electron chi connectivity index (χ0n) is 43.4. The molecule has 0 aliphatic rings. The average molecular weight is 1020 g/mol. The van der Waals surface area contributed by atoms with Gasteiger partial charge in [0.2, 0.25) is 0 Å². The molecule has 0 saturated heterocycles. The van der Waals surface area contributed by atoms with Crippen LogP contribution in [0.1, 0.15) is 0 Å². The van der Waals surface area contributed by atoms with E-state index in [-0.39, 0.29) is 0 Å². The topological polar surface area (TPSA) is 32.8 Å². The molecule has 0 atom stereocenters. The van der Waals surface area contributed by atoms with Crippen molar-refractivity contribution in [1.29, 1.82) is 0 Å². The smallest absolute Gasteiger partial charge is 0.159 e. The quantitative estimate of drug-likeness (QED) is 0.128. The maximum Gasteiger partial charge on any atom is 0.159 e. The minimum Gasteiger partial charge on any atom is -0.453 e. The second-order valence-corrected chi connectivity index (χ2v) is 20.7. The van der Waals surface area contributed by atoms with Gasteiger partial charge in [-0.15, -0.1) is 0 Å². The number of hydrogen-bond acceptors (Lipinski definition) is 4. The molecule has 80 heavy (non-hydrogen) atoms. The number of furan rings is 2. The summed E-state index contributed by atoms with van der Waals surface area (Å²) in [4.78, 5) is 4.63. The first-order valence-electron chi connectivity index (χ1n) is 27.3. The monoisotopic (exact) mass is 1020 g/mol. The van der Waals surface area contributed by atoms with E-state index in [4.69, 9.17) is 8.83 Å². The first-order valence-corrected chi connectivity index (χ1v) is 27.3. The fraction of sp³-hybridized carbons (Fsp3) is 0. The van der Waals surface area contributed by atoms with Crippen LogP contribution in [-0.2, 0) is 0 Å². The Morgan fingerprint density at radius 3 is 1.10 bits per heavy atom. The van der Waals surface area contributed by atoms with E-state index < -0.39 is 0 Å². The standard InChI is InChI=1S/C76H48N2O2/c1-5-17-50(18-6-1)62-25-13-27-65-67-29-15-31-69(75(67)79-73(62)65)77(57-21-9-3-10-22-57)59-41-35-49(36-42-59)56-47-54-34-33-53-39-45-61(64-46-40-55(48-56)71(54)72(53)64)52-37-43-60(44-38-52)78(58-23-11-4-12-24-58)70-32-16-30-68-66-28-14-26-63(74(66)80-76(68)70)51-19-7-2-8-20-51/h1-48H. The first kappa shape index (κ1) is 45.5. The highest BCUT2D eigenvalue weighted by atomic mass is 16.3. The molecule has 0 unspecified atom stereocenters. The normalized spacial score (nSPS) is 11.8. The summed E-state index contributed by atoms with van der Waals surface area (Å²) in [6.07, 6.45) is 0. The molecule has 0 spiro atoms. The fourth-order valence-electron chi connectivity index (χ4n) is 12.5. The molecule has 2 aromatic heterocycles. The Bertz CT molecular complexity index is 4950. The third-order valence-electron chi connectivity index (χ3n) is 16.2. The molecule has 4 heteroatoms. The maximum absolute atomic E-state index is 6.95. The van der Waals surface area contributed by atoms with Crippen molar-refractivity contribution in [2.45, 2.75) is 0 Å². The van der Waals surface area contributed by atoms with Crippen molar-refractivity contribution in [1.82, 2.24) is 0 Å². The van der Waals surface area contributed by atoms with Crippen molar-refractivity contribution in [3.05, 3.63) is 291 Å². The number of benzene rings is 14. The van der Waals surface area contributed by atoms with Crippen LogP contribution in [0, 0.1) is 0 Å².